The van der Waals surface area contributed by atoms with Crippen molar-refractivity contribution in [1.82, 2.24) is 9.55 Å². The van der Waals surface area contributed by atoms with Gasteiger partial charge in [0.25, 0.3) is 0 Å². The van der Waals surface area contributed by atoms with Crippen molar-refractivity contribution in [3.8, 4) is 11.5 Å². The summed E-state index contributed by atoms with van der Waals surface area (Å²) < 4.78 is 39.5. The number of benzene rings is 2. The van der Waals surface area contributed by atoms with Gasteiger partial charge in [-0.1, -0.05) is 0 Å². The normalized spacial score (nSPS) is 10.7. The minimum atomic E-state index is -0.682. The molecule has 0 aliphatic rings. The zero-order valence-electron chi connectivity index (χ0n) is 17.3. The molecule has 0 fully saturated rings. The van der Waals surface area contributed by atoms with E-state index in [0.717, 1.165) is 28.6 Å². The quantitative estimate of drug-likeness (QED) is 0.622. The summed E-state index contributed by atoms with van der Waals surface area (Å²) in [5.74, 6) is -0.345. The van der Waals surface area contributed by atoms with Crippen LogP contribution in [0.2, 0.25) is 0 Å². The number of ether oxygens (including phenoxy) is 2. The first kappa shape index (κ1) is 21.3. The first-order valence-corrected chi connectivity index (χ1v) is 9.42. The summed E-state index contributed by atoms with van der Waals surface area (Å²) in [5, 5.41) is 3.15. The van der Waals surface area contributed by atoms with Gasteiger partial charge in [0, 0.05) is 11.8 Å². The average Bonchev–Trinajstić information content (AvgIpc) is 2.67. The smallest absolute Gasteiger partial charge is 0.316 e. The largest absolute Gasteiger partial charge is 0.494 e. The summed E-state index contributed by atoms with van der Waals surface area (Å²) >= 11 is 0. The van der Waals surface area contributed by atoms with Crippen LogP contribution in [0.25, 0.3) is 0 Å². The summed E-state index contributed by atoms with van der Waals surface area (Å²) in [6.45, 7) is 6.36. The maximum absolute atomic E-state index is 13.6. The maximum Gasteiger partial charge on any atom is 0.316 e. The third-order valence-corrected chi connectivity index (χ3v) is 4.53. The molecular weight excluding hydrogens is 392 g/mol. The highest BCUT2D eigenvalue weighted by Gasteiger charge is 2.13. The van der Waals surface area contributed by atoms with Crippen molar-refractivity contribution in [2.45, 2.75) is 27.3 Å². The van der Waals surface area contributed by atoms with E-state index in [0.29, 0.717) is 12.2 Å². The van der Waals surface area contributed by atoms with Crippen LogP contribution in [-0.2, 0) is 6.54 Å². The van der Waals surface area contributed by atoms with Crippen LogP contribution in [-0.4, -0.2) is 23.3 Å². The fourth-order valence-corrected chi connectivity index (χ4v) is 3.09. The van der Waals surface area contributed by atoms with E-state index < -0.39 is 17.2 Å². The molecule has 0 unspecified atom stereocenters. The molecule has 1 aromatic heterocycles. The van der Waals surface area contributed by atoms with E-state index in [9.17, 15) is 13.6 Å². The van der Waals surface area contributed by atoms with E-state index in [1.807, 2.05) is 32.9 Å². The Balaban J connectivity index is 2.03. The first-order valence-electron chi connectivity index (χ1n) is 9.42. The zero-order valence-corrected chi connectivity index (χ0v) is 17.3. The first-order chi connectivity index (χ1) is 14.3. The fourth-order valence-electron chi connectivity index (χ4n) is 3.09. The van der Waals surface area contributed by atoms with Crippen LogP contribution in [0.3, 0.4) is 0 Å². The summed E-state index contributed by atoms with van der Waals surface area (Å²) in [5.41, 5.74) is 2.36. The standard InChI is InChI=1S/C22H23F2N3O3/c1-5-30-19-7-13(2)18(6-14(19)3)25-22-26-21(28)20(29-4)12-27(22)11-15-8-16(23)10-17(24)9-15/h6-10,12H,5,11H2,1-4H3,(H,25,26,28). The van der Waals surface area contributed by atoms with Crippen molar-refractivity contribution in [1.29, 1.82) is 0 Å². The summed E-state index contributed by atoms with van der Waals surface area (Å²) in [6.07, 6.45) is 1.46. The lowest BCUT2D eigenvalue weighted by Crippen LogP contribution is -2.19. The van der Waals surface area contributed by atoms with Crippen LogP contribution in [0, 0.1) is 25.5 Å². The lowest BCUT2D eigenvalue weighted by atomic mass is 10.1. The fraction of sp³-hybridized carbons (Fsp3) is 0.273. The Kier molecular flexibility index (Phi) is 6.34. The Morgan fingerprint density at radius 2 is 1.73 bits per heavy atom. The van der Waals surface area contributed by atoms with E-state index >= 15 is 0 Å². The monoisotopic (exact) mass is 415 g/mol. The van der Waals surface area contributed by atoms with Gasteiger partial charge in [0.2, 0.25) is 11.7 Å². The van der Waals surface area contributed by atoms with Gasteiger partial charge >= 0.3 is 5.56 Å². The number of halogens is 2. The van der Waals surface area contributed by atoms with Gasteiger partial charge in [-0.15, -0.1) is 0 Å². The van der Waals surface area contributed by atoms with Crippen LogP contribution in [0.5, 0.6) is 11.5 Å². The number of aryl methyl sites for hydroxylation is 2. The molecule has 158 valence electrons. The highest BCUT2D eigenvalue weighted by Crippen LogP contribution is 2.28. The van der Waals surface area contributed by atoms with Crippen molar-refractivity contribution in [3.63, 3.8) is 0 Å². The molecule has 0 aliphatic heterocycles. The average molecular weight is 415 g/mol. The molecule has 0 atom stereocenters. The number of hydrogen-bond donors (Lipinski definition) is 1. The van der Waals surface area contributed by atoms with Gasteiger partial charge in [-0.05, 0) is 61.7 Å². The second-order valence-electron chi connectivity index (χ2n) is 6.83. The van der Waals surface area contributed by atoms with Crippen molar-refractivity contribution in [2.75, 3.05) is 19.0 Å². The molecule has 6 nitrogen and oxygen atoms in total. The molecule has 8 heteroatoms. The predicted molar refractivity (Wildman–Crippen MR) is 111 cm³/mol. The van der Waals surface area contributed by atoms with Crippen molar-refractivity contribution < 1.29 is 18.3 Å². The molecule has 0 bridgehead atoms. The number of aromatic nitrogens is 2. The van der Waals surface area contributed by atoms with Crippen LogP contribution in [0.1, 0.15) is 23.6 Å². The number of anilines is 2. The van der Waals surface area contributed by atoms with E-state index in [-0.39, 0.29) is 18.2 Å². The lowest BCUT2D eigenvalue weighted by molar-refractivity contribution is 0.337. The molecule has 3 aromatic rings. The van der Waals surface area contributed by atoms with Crippen LogP contribution in [0.4, 0.5) is 20.4 Å². The molecule has 0 spiro atoms. The molecule has 1 N–H and O–H groups in total. The van der Waals surface area contributed by atoms with Gasteiger partial charge in [-0.25, -0.2) is 8.78 Å². The molecule has 0 saturated heterocycles. The maximum atomic E-state index is 13.6. The third-order valence-electron chi connectivity index (χ3n) is 4.53. The second-order valence-corrected chi connectivity index (χ2v) is 6.83. The summed E-state index contributed by atoms with van der Waals surface area (Å²) in [6, 6.07) is 7.05. The van der Waals surface area contributed by atoms with Gasteiger partial charge in [0.15, 0.2) is 0 Å². The molecule has 2 aromatic carbocycles. The number of nitrogens with one attached hydrogen (secondary N) is 1. The lowest BCUT2D eigenvalue weighted by Gasteiger charge is -2.18. The Morgan fingerprint density at radius 3 is 2.37 bits per heavy atom. The molecule has 1 heterocycles. The van der Waals surface area contributed by atoms with Gasteiger partial charge in [-0.2, -0.15) is 4.98 Å². The molecule has 0 amide bonds. The number of methoxy groups -OCH3 is 1. The van der Waals surface area contributed by atoms with Gasteiger partial charge < -0.3 is 19.4 Å². The SMILES string of the molecule is CCOc1cc(C)c(Nc2nc(=O)c(OC)cn2Cc2cc(F)cc(F)c2)cc1C. The van der Waals surface area contributed by atoms with Crippen molar-refractivity contribution in [2.24, 2.45) is 0 Å². The molecule has 0 radical (unpaired) electrons. The second kappa shape index (κ2) is 8.94. The number of hydrogen-bond acceptors (Lipinski definition) is 5. The number of rotatable bonds is 7. The van der Waals surface area contributed by atoms with Crippen LogP contribution in [0.15, 0.2) is 41.3 Å². The Labute approximate surface area is 173 Å². The molecule has 0 aliphatic carbocycles. The predicted octanol–water partition coefficient (Wildman–Crippen LogP) is 4.34. The molecule has 3 rings (SSSR count). The Bertz CT molecular complexity index is 1110. The third kappa shape index (κ3) is 4.76. The van der Waals surface area contributed by atoms with E-state index in [4.69, 9.17) is 9.47 Å². The van der Waals surface area contributed by atoms with Gasteiger partial charge in [0.1, 0.15) is 17.4 Å². The highest BCUT2D eigenvalue weighted by molar-refractivity contribution is 5.62. The summed E-state index contributed by atoms with van der Waals surface area (Å²) in [7, 11) is 1.36. The molecule has 30 heavy (non-hydrogen) atoms. The van der Waals surface area contributed by atoms with Crippen molar-refractivity contribution in [3.05, 3.63) is 75.2 Å². The van der Waals surface area contributed by atoms with Gasteiger partial charge in [-0.3, -0.25) is 4.79 Å². The van der Waals surface area contributed by atoms with E-state index in [1.54, 1.807) is 4.57 Å². The summed E-state index contributed by atoms with van der Waals surface area (Å²) in [4.78, 5) is 16.3. The van der Waals surface area contributed by atoms with Crippen molar-refractivity contribution >= 4 is 11.6 Å². The number of nitrogens with zero attached hydrogens (tertiary/aromatic N) is 2. The topological polar surface area (TPSA) is 65.4 Å². The zero-order chi connectivity index (χ0) is 21.8. The Hall–Kier alpha value is -3.42. The van der Waals surface area contributed by atoms with Crippen LogP contribution < -0.4 is 20.3 Å². The van der Waals surface area contributed by atoms with Gasteiger partial charge in [0.05, 0.1) is 26.5 Å². The van der Waals surface area contributed by atoms with E-state index in [2.05, 4.69) is 10.3 Å². The van der Waals surface area contributed by atoms with E-state index in [1.165, 1.54) is 25.4 Å². The highest BCUT2D eigenvalue weighted by atomic mass is 19.1. The van der Waals surface area contributed by atoms with Crippen LogP contribution >= 0.6 is 0 Å². The Morgan fingerprint density at radius 1 is 1.03 bits per heavy atom. The minimum absolute atomic E-state index is 0.0250. The minimum Gasteiger partial charge on any atom is -0.494 e. The molecular formula is C22H23F2N3O3. The molecule has 0 saturated carbocycles.